The van der Waals surface area contributed by atoms with E-state index in [-0.39, 0.29) is 18.0 Å². The van der Waals surface area contributed by atoms with Crippen molar-refractivity contribution in [3.63, 3.8) is 0 Å². The monoisotopic (exact) mass is 325 g/mol. The average molecular weight is 325 g/mol. The third-order valence-electron chi connectivity index (χ3n) is 4.25. The van der Waals surface area contributed by atoms with Gasteiger partial charge in [-0.15, -0.1) is 11.3 Å². The summed E-state index contributed by atoms with van der Waals surface area (Å²) in [5, 5.41) is 17.7. The summed E-state index contributed by atoms with van der Waals surface area (Å²) in [4.78, 5) is 15.9. The molecule has 2 saturated heterocycles. The number of nitrogens with zero attached hydrogens (tertiary/aromatic N) is 1. The molecule has 0 bridgehead atoms. The van der Waals surface area contributed by atoms with E-state index in [4.69, 9.17) is 4.74 Å². The van der Waals surface area contributed by atoms with Gasteiger partial charge in [0, 0.05) is 31.1 Å². The van der Waals surface area contributed by atoms with Gasteiger partial charge in [0.05, 0.1) is 31.4 Å². The van der Waals surface area contributed by atoms with Crippen LogP contribution < -0.4 is 10.6 Å². The minimum Gasteiger partial charge on any atom is -0.392 e. The summed E-state index contributed by atoms with van der Waals surface area (Å²) >= 11 is 1.72. The summed E-state index contributed by atoms with van der Waals surface area (Å²) in [5.41, 5.74) is 0. The zero-order valence-electron chi connectivity index (χ0n) is 12.5. The first-order chi connectivity index (χ1) is 10.7. The van der Waals surface area contributed by atoms with Gasteiger partial charge in [-0.3, -0.25) is 9.69 Å². The Morgan fingerprint density at radius 2 is 2.36 bits per heavy atom. The molecule has 0 unspecified atom stereocenters. The lowest BCUT2D eigenvalue weighted by atomic mass is 10.1. The molecule has 1 aromatic rings. The van der Waals surface area contributed by atoms with Crippen molar-refractivity contribution in [2.24, 2.45) is 0 Å². The first-order valence-corrected chi connectivity index (χ1v) is 8.66. The van der Waals surface area contributed by atoms with E-state index in [1.165, 1.54) is 4.88 Å². The molecule has 0 aliphatic carbocycles. The van der Waals surface area contributed by atoms with E-state index in [9.17, 15) is 9.90 Å². The second-order valence-corrected chi connectivity index (χ2v) is 6.75. The number of aliphatic hydroxyl groups excluding tert-OH is 1. The van der Waals surface area contributed by atoms with Crippen molar-refractivity contribution < 1.29 is 14.6 Å². The van der Waals surface area contributed by atoms with E-state index in [0.717, 1.165) is 26.3 Å². The number of hydrogen-bond donors (Lipinski definition) is 3. The van der Waals surface area contributed by atoms with Crippen LogP contribution in [0.1, 0.15) is 17.3 Å². The van der Waals surface area contributed by atoms with Crippen LogP contribution in [0.25, 0.3) is 0 Å². The second kappa shape index (κ2) is 7.52. The molecule has 122 valence electrons. The maximum absolute atomic E-state index is 12.2. The summed E-state index contributed by atoms with van der Waals surface area (Å²) in [5.74, 6) is -0.0219. The number of aliphatic hydroxyl groups is 1. The lowest BCUT2D eigenvalue weighted by Crippen LogP contribution is -2.46. The Morgan fingerprint density at radius 1 is 1.55 bits per heavy atom. The number of amides is 1. The molecule has 6 nitrogen and oxygen atoms in total. The maximum atomic E-state index is 12.2. The third-order valence-corrected chi connectivity index (χ3v) is 5.23. The standard InChI is InChI=1S/C15H23N3O3S/c19-11-8-12(16-9-11)15(20)17-10-13(14-2-1-7-22-14)18-3-5-21-6-4-18/h1-2,7,11-13,16,19H,3-6,8-10H2,(H,17,20)/t11-,12+,13+/m0/s1. The minimum absolute atomic E-state index is 0.0219. The summed E-state index contributed by atoms with van der Waals surface area (Å²) in [6.07, 6.45) is 0.0793. The molecule has 3 atom stereocenters. The molecular weight excluding hydrogens is 302 g/mol. The van der Waals surface area contributed by atoms with Crippen molar-refractivity contribution in [2.45, 2.75) is 24.6 Å². The number of hydrogen-bond acceptors (Lipinski definition) is 6. The molecule has 0 aromatic carbocycles. The van der Waals surface area contributed by atoms with Crippen LogP contribution in [0.3, 0.4) is 0 Å². The molecule has 2 fully saturated rings. The summed E-state index contributed by atoms with van der Waals surface area (Å²) in [6, 6.07) is 4.08. The number of β-amino-alcohol motifs (C(OH)–C–C–N with tert-alkyl or cyclic N) is 1. The van der Waals surface area contributed by atoms with Crippen LogP contribution in [0.15, 0.2) is 17.5 Å². The highest BCUT2D eigenvalue weighted by Gasteiger charge is 2.29. The molecule has 7 heteroatoms. The quantitative estimate of drug-likeness (QED) is 0.708. The number of ether oxygens (including phenoxy) is 1. The van der Waals surface area contributed by atoms with E-state index < -0.39 is 6.10 Å². The summed E-state index contributed by atoms with van der Waals surface area (Å²) < 4.78 is 5.42. The SMILES string of the molecule is O=C(NC[C@H](c1cccs1)N1CCOCC1)[C@H]1C[C@H](O)CN1. The molecule has 1 aromatic heterocycles. The van der Waals surface area contributed by atoms with E-state index in [0.29, 0.717) is 19.5 Å². The fourth-order valence-corrected chi connectivity index (χ4v) is 3.88. The molecule has 2 aliphatic rings. The van der Waals surface area contributed by atoms with Crippen molar-refractivity contribution in [1.82, 2.24) is 15.5 Å². The van der Waals surface area contributed by atoms with Gasteiger partial charge in [-0.1, -0.05) is 6.07 Å². The van der Waals surface area contributed by atoms with Gasteiger partial charge in [0.1, 0.15) is 0 Å². The lowest BCUT2D eigenvalue weighted by Gasteiger charge is -2.34. The van der Waals surface area contributed by atoms with E-state index in [1.807, 2.05) is 6.07 Å². The van der Waals surface area contributed by atoms with Crippen LogP contribution in [0, 0.1) is 0 Å². The fraction of sp³-hybridized carbons (Fsp3) is 0.667. The van der Waals surface area contributed by atoms with Crippen LogP contribution in [0.2, 0.25) is 0 Å². The van der Waals surface area contributed by atoms with Crippen molar-refractivity contribution >= 4 is 17.2 Å². The normalized spacial score (nSPS) is 27.7. The molecular formula is C15H23N3O3S. The van der Waals surface area contributed by atoms with Gasteiger partial charge in [-0.05, 0) is 17.9 Å². The smallest absolute Gasteiger partial charge is 0.237 e. The van der Waals surface area contributed by atoms with Gasteiger partial charge in [0.25, 0.3) is 0 Å². The largest absolute Gasteiger partial charge is 0.392 e. The molecule has 1 amide bonds. The van der Waals surface area contributed by atoms with E-state index >= 15 is 0 Å². The number of thiophene rings is 1. The first-order valence-electron chi connectivity index (χ1n) is 7.78. The zero-order valence-corrected chi connectivity index (χ0v) is 13.3. The van der Waals surface area contributed by atoms with Crippen LogP contribution in [0.5, 0.6) is 0 Å². The minimum atomic E-state index is -0.414. The van der Waals surface area contributed by atoms with Crippen LogP contribution in [-0.4, -0.2) is 67.5 Å². The Labute approximate surface area is 134 Å². The Hall–Kier alpha value is -0.990. The topological polar surface area (TPSA) is 73.8 Å². The summed E-state index contributed by atoms with van der Waals surface area (Å²) in [7, 11) is 0. The van der Waals surface area contributed by atoms with E-state index in [1.54, 1.807) is 11.3 Å². The average Bonchev–Trinajstić information content (AvgIpc) is 3.20. The number of morpholine rings is 1. The molecule has 3 heterocycles. The van der Waals surface area contributed by atoms with Crippen molar-refractivity contribution in [3.8, 4) is 0 Å². The molecule has 22 heavy (non-hydrogen) atoms. The van der Waals surface area contributed by atoms with Gasteiger partial charge >= 0.3 is 0 Å². The Kier molecular flexibility index (Phi) is 5.43. The number of rotatable bonds is 5. The molecule has 0 saturated carbocycles. The molecule has 0 spiro atoms. The second-order valence-electron chi connectivity index (χ2n) is 5.78. The molecule has 0 radical (unpaired) electrons. The van der Waals surface area contributed by atoms with Crippen molar-refractivity contribution in [2.75, 3.05) is 39.4 Å². The molecule has 2 aliphatic heterocycles. The van der Waals surface area contributed by atoms with Gasteiger partial charge < -0.3 is 20.5 Å². The van der Waals surface area contributed by atoms with Crippen LogP contribution >= 0.6 is 11.3 Å². The maximum Gasteiger partial charge on any atom is 0.237 e. The predicted octanol–water partition coefficient (Wildman–Crippen LogP) is -0.0396. The van der Waals surface area contributed by atoms with Crippen LogP contribution in [0.4, 0.5) is 0 Å². The van der Waals surface area contributed by atoms with Crippen molar-refractivity contribution in [3.05, 3.63) is 22.4 Å². The van der Waals surface area contributed by atoms with Crippen LogP contribution in [-0.2, 0) is 9.53 Å². The highest BCUT2D eigenvalue weighted by Crippen LogP contribution is 2.25. The predicted molar refractivity (Wildman–Crippen MR) is 84.9 cm³/mol. The Morgan fingerprint density at radius 3 is 3.00 bits per heavy atom. The molecule has 3 N–H and O–H groups in total. The Bertz CT molecular complexity index is 476. The van der Waals surface area contributed by atoms with Gasteiger partial charge in [-0.2, -0.15) is 0 Å². The highest BCUT2D eigenvalue weighted by atomic mass is 32.1. The zero-order chi connectivity index (χ0) is 15.4. The van der Waals surface area contributed by atoms with Gasteiger partial charge in [0.15, 0.2) is 0 Å². The Balaban J connectivity index is 1.59. The van der Waals surface area contributed by atoms with Crippen molar-refractivity contribution in [1.29, 1.82) is 0 Å². The number of carbonyl (C=O) groups excluding carboxylic acids is 1. The lowest BCUT2D eigenvalue weighted by molar-refractivity contribution is -0.123. The van der Waals surface area contributed by atoms with Gasteiger partial charge in [0.2, 0.25) is 5.91 Å². The van der Waals surface area contributed by atoms with E-state index in [2.05, 4.69) is 27.0 Å². The third kappa shape index (κ3) is 3.85. The number of nitrogens with one attached hydrogen (secondary N) is 2. The first kappa shape index (κ1) is 15.9. The number of carbonyl (C=O) groups is 1. The highest BCUT2D eigenvalue weighted by molar-refractivity contribution is 7.10. The fourth-order valence-electron chi connectivity index (χ4n) is 3.02. The summed E-state index contributed by atoms with van der Waals surface area (Å²) in [6.45, 7) is 4.35. The van der Waals surface area contributed by atoms with Gasteiger partial charge in [-0.25, -0.2) is 0 Å². The molecule has 3 rings (SSSR count).